The van der Waals surface area contributed by atoms with Crippen molar-refractivity contribution in [3.05, 3.63) is 46.4 Å². The number of halogens is 1. The van der Waals surface area contributed by atoms with E-state index in [0.29, 0.717) is 5.56 Å². The Balaban J connectivity index is 2.26. The fourth-order valence-electron chi connectivity index (χ4n) is 2.35. The second kappa shape index (κ2) is 5.23. The average molecular weight is 342 g/mol. The molecule has 1 aromatic heterocycles. The van der Waals surface area contributed by atoms with Crippen LogP contribution in [0.5, 0.6) is 5.75 Å². The van der Waals surface area contributed by atoms with Gasteiger partial charge in [-0.05, 0) is 36.4 Å². The molecule has 0 amide bonds. The zero-order valence-corrected chi connectivity index (χ0v) is 13.2. The maximum absolute atomic E-state index is 9.02. The molecule has 4 nitrogen and oxygen atoms in total. The van der Waals surface area contributed by atoms with Crippen LogP contribution in [0.25, 0.3) is 22.4 Å². The van der Waals surface area contributed by atoms with Crippen LogP contribution in [0.1, 0.15) is 5.56 Å². The van der Waals surface area contributed by atoms with Gasteiger partial charge in [-0.15, -0.1) is 0 Å². The molecule has 0 saturated carbocycles. The predicted molar refractivity (Wildman–Crippen MR) is 85.1 cm³/mol. The van der Waals surface area contributed by atoms with Gasteiger partial charge in [0.15, 0.2) is 0 Å². The molecule has 1 heterocycles. The van der Waals surface area contributed by atoms with Crippen LogP contribution in [0, 0.1) is 11.3 Å². The Bertz CT molecular complexity index is 877. The molecule has 0 N–H and O–H groups in total. The molecule has 3 rings (SSSR count). The summed E-state index contributed by atoms with van der Waals surface area (Å²) >= 11 is 3.44. The average Bonchev–Trinajstić information content (AvgIpc) is 2.83. The molecule has 5 heteroatoms. The lowest BCUT2D eigenvalue weighted by Crippen LogP contribution is -1.95. The lowest BCUT2D eigenvalue weighted by molar-refractivity contribution is 0.415. The minimum Gasteiger partial charge on any atom is -0.496 e. The van der Waals surface area contributed by atoms with E-state index in [1.165, 1.54) is 0 Å². The number of ether oxygens (including phenoxy) is 1. The molecule has 0 saturated heterocycles. The van der Waals surface area contributed by atoms with E-state index >= 15 is 0 Å². The Labute approximate surface area is 130 Å². The number of fused-ring (bicyclic) bond motifs is 1. The van der Waals surface area contributed by atoms with E-state index in [9.17, 15) is 0 Å². The van der Waals surface area contributed by atoms with Crippen LogP contribution in [0.2, 0.25) is 0 Å². The molecule has 0 aliphatic heterocycles. The summed E-state index contributed by atoms with van der Waals surface area (Å²) in [4.78, 5) is 4.65. The van der Waals surface area contributed by atoms with Crippen LogP contribution < -0.4 is 4.74 Å². The van der Waals surface area contributed by atoms with E-state index in [1.807, 2.05) is 41.9 Å². The molecule has 21 heavy (non-hydrogen) atoms. The zero-order chi connectivity index (χ0) is 15.0. The van der Waals surface area contributed by atoms with Gasteiger partial charge in [-0.3, -0.25) is 0 Å². The summed E-state index contributed by atoms with van der Waals surface area (Å²) in [5.41, 5.74) is 3.32. The van der Waals surface area contributed by atoms with Crippen LogP contribution >= 0.6 is 15.9 Å². The SMILES string of the molecule is COc1cc(Br)ccc1-c1nc2ccc(C#N)cc2n1C. The van der Waals surface area contributed by atoms with Crippen molar-refractivity contribution < 1.29 is 4.74 Å². The van der Waals surface area contributed by atoms with Gasteiger partial charge < -0.3 is 9.30 Å². The lowest BCUT2D eigenvalue weighted by atomic mass is 10.2. The van der Waals surface area contributed by atoms with Crippen LogP contribution in [0.3, 0.4) is 0 Å². The first-order chi connectivity index (χ1) is 10.1. The molecule has 0 spiro atoms. The summed E-state index contributed by atoms with van der Waals surface area (Å²) in [5.74, 6) is 1.56. The first kappa shape index (κ1) is 13.7. The summed E-state index contributed by atoms with van der Waals surface area (Å²) in [5, 5.41) is 9.02. The summed E-state index contributed by atoms with van der Waals surface area (Å²) in [6.45, 7) is 0. The topological polar surface area (TPSA) is 50.8 Å². The van der Waals surface area contributed by atoms with Crippen LogP contribution in [-0.4, -0.2) is 16.7 Å². The zero-order valence-electron chi connectivity index (χ0n) is 11.6. The van der Waals surface area contributed by atoms with Gasteiger partial charge in [0.2, 0.25) is 0 Å². The summed E-state index contributed by atoms with van der Waals surface area (Å²) in [6, 6.07) is 13.5. The highest BCUT2D eigenvalue weighted by Crippen LogP contribution is 2.33. The van der Waals surface area contributed by atoms with Gasteiger partial charge in [-0.2, -0.15) is 5.26 Å². The molecule has 0 aliphatic rings. The highest BCUT2D eigenvalue weighted by molar-refractivity contribution is 9.10. The van der Waals surface area contributed by atoms with Crippen molar-refractivity contribution in [3.63, 3.8) is 0 Å². The number of aromatic nitrogens is 2. The smallest absolute Gasteiger partial charge is 0.144 e. The van der Waals surface area contributed by atoms with Crippen LogP contribution in [0.15, 0.2) is 40.9 Å². The normalized spacial score (nSPS) is 10.6. The quantitative estimate of drug-likeness (QED) is 0.710. The summed E-state index contributed by atoms with van der Waals surface area (Å²) in [7, 11) is 3.58. The standard InChI is InChI=1S/C16H12BrN3O/c1-20-14-7-10(9-18)3-6-13(14)19-16(20)12-5-4-11(17)8-15(12)21-2/h3-8H,1-2H3. The molecule has 0 aliphatic carbocycles. The number of hydrogen-bond donors (Lipinski definition) is 0. The number of methoxy groups -OCH3 is 1. The molecule has 0 atom stereocenters. The Morgan fingerprint density at radius 3 is 2.76 bits per heavy atom. The molecular weight excluding hydrogens is 330 g/mol. The molecule has 0 radical (unpaired) electrons. The largest absolute Gasteiger partial charge is 0.496 e. The minimum absolute atomic E-state index is 0.625. The molecule has 2 aromatic carbocycles. The van der Waals surface area contributed by atoms with Crippen molar-refractivity contribution in [2.75, 3.05) is 7.11 Å². The molecule has 0 bridgehead atoms. The van der Waals surface area contributed by atoms with Crippen molar-refractivity contribution in [3.8, 4) is 23.2 Å². The third-order valence-electron chi connectivity index (χ3n) is 3.41. The lowest BCUT2D eigenvalue weighted by Gasteiger charge is -2.09. The number of aryl methyl sites for hydroxylation is 1. The Hall–Kier alpha value is -2.32. The Kier molecular flexibility index (Phi) is 3.40. The molecule has 3 aromatic rings. The Morgan fingerprint density at radius 2 is 2.05 bits per heavy atom. The van der Waals surface area contributed by atoms with Crippen molar-refractivity contribution in [2.45, 2.75) is 0 Å². The van der Waals surface area contributed by atoms with E-state index in [1.54, 1.807) is 13.2 Å². The first-order valence-electron chi connectivity index (χ1n) is 6.34. The van der Waals surface area contributed by atoms with Crippen molar-refractivity contribution in [1.29, 1.82) is 5.26 Å². The van der Waals surface area contributed by atoms with Crippen molar-refractivity contribution in [1.82, 2.24) is 9.55 Å². The fourth-order valence-corrected chi connectivity index (χ4v) is 2.69. The van der Waals surface area contributed by atoms with Gasteiger partial charge in [0.25, 0.3) is 0 Å². The molecule has 104 valence electrons. The van der Waals surface area contributed by atoms with Crippen molar-refractivity contribution in [2.24, 2.45) is 7.05 Å². The second-order valence-electron chi connectivity index (χ2n) is 4.65. The third kappa shape index (κ3) is 2.28. The van der Waals surface area contributed by atoms with Gasteiger partial charge in [-0.25, -0.2) is 4.98 Å². The van der Waals surface area contributed by atoms with Gasteiger partial charge in [0.1, 0.15) is 11.6 Å². The van der Waals surface area contributed by atoms with E-state index < -0.39 is 0 Å². The van der Waals surface area contributed by atoms with Gasteiger partial charge >= 0.3 is 0 Å². The third-order valence-corrected chi connectivity index (χ3v) is 3.91. The maximum Gasteiger partial charge on any atom is 0.144 e. The van der Waals surface area contributed by atoms with Gasteiger partial charge in [-0.1, -0.05) is 15.9 Å². The number of imidazole rings is 1. The number of nitrogens with zero attached hydrogens (tertiary/aromatic N) is 3. The molecular formula is C16H12BrN3O. The van der Waals surface area contributed by atoms with E-state index in [-0.39, 0.29) is 0 Å². The highest BCUT2D eigenvalue weighted by atomic mass is 79.9. The van der Waals surface area contributed by atoms with Gasteiger partial charge in [0, 0.05) is 11.5 Å². The maximum atomic E-state index is 9.02. The van der Waals surface area contributed by atoms with Gasteiger partial charge in [0.05, 0.1) is 35.3 Å². The van der Waals surface area contributed by atoms with Crippen LogP contribution in [0.4, 0.5) is 0 Å². The number of nitriles is 1. The van der Waals surface area contributed by atoms with E-state index in [4.69, 9.17) is 10.00 Å². The minimum atomic E-state index is 0.625. The Morgan fingerprint density at radius 1 is 1.24 bits per heavy atom. The van der Waals surface area contributed by atoms with E-state index in [2.05, 4.69) is 27.0 Å². The number of benzene rings is 2. The first-order valence-corrected chi connectivity index (χ1v) is 7.14. The van der Waals surface area contributed by atoms with E-state index in [0.717, 1.165) is 32.6 Å². The number of rotatable bonds is 2. The molecule has 0 fully saturated rings. The second-order valence-corrected chi connectivity index (χ2v) is 5.57. The number of hydrogen-bond acceptors (Lipinski definition) is 3. The fraction of sp³-hybridized carbons (Fsp3) is 0.125. The molecule has 0 unspecified atom stereocenters. The summed E-state index contributed by atoms with van der Waals surface area (Å²) in [6.07, 6.45) is 0. The predicted octanol–water partition coefficient (Wildman–Crippen LogP) is 3.88. The van der Waals surface area contributed by atoms with Crippen molar-refractivity contribution >= 4 is 27.0 Å². The summed E-state index contributed by atoms with van der Waals surface area (Å²) < 4.78 is 8.37. The highest BCUT2D eigenvalue weighted by Gasteiger charge is 2.14. The monoisotopic (exact) mass is 341 g/mol. The van der Waals surface area contributed by atoms with Crippen LogP contribution in [-0.2, 0) is 7.05 Å².